The molecule has 0 radical (unpaired) electrons. The number of nitrogens with zero attached hydrogens (tertiary/aromatic N) is 2. The molecule has 10 heteroatoms. The number of anilines is 1. The van der Waals surface area contributed by atoms with Crippen molar-refractivity contribution in [2.45, 2.75) is 9.24 Å². The normalized spacial score (nSPS) is 10.9. The summed E-state index contributed by atoms with van der Waals surface area (Å²) in [5.74, 6) is -2.68. The van der Waals surface area contributed by atoms with Crippen LogP contribution >= 0.6 is 23.1 Å². The number of non-ortho nitro benzene ring substituents is 1. The summed E-state index contributed by atoms with van der Waals surface area (Å²) in [4.78, 5) is 28.0. The zero-order valence-electron chi connectivity index (χ0n) is 15.0. The van der Waals surface area contributed by atoms with Crippen LogP contribution < -0.4 is 5.32 Å². The molecule has 0 spiro atoms. The highest BCUT2D eigenvalue weighted by atomic mass is 32.2. The van der Waals surface area contributed by atoms with Gasteiger partial charge in [0.2, 0.25) is 0 Å². The first-order valence-corrected chi connectivity index (χ1v) is 10.1. The number of amides is 1. The number of rotatable bonds is 5. The van der Waals surface area contributed by atoms with Crippen LogP contribution in [0.25, 0.3) is 10.2 Å². The summed E-state index contributed by atoms with van der Waals surface area (Å²) in [6.45, 7) is 0. The number of benzene rings is 3. The average molecular weight is 443 g/mol. The van der Waals surface area contributed by atoms with Crippen LogP contribution in [0.3, 0.4) is 0 Å². The van der Waals surface area contributed by atoms with Gasteiger partial charge in [0, 0.05) is 28.8 Å². The van der Waals surface area contributed by atoms with E-state index in [1.165, 1.54) is 41.3 Å². The van der Waals surface area contributed by atoms with E-state index in [1.54, 1.807) is 0 Å². The van der Waals surface area contributed by atoms with Crippen LogP contribution in [0.4, 0.5) is 20.2 Å². The molecule has 0 aliphatic carbocycles. The number of hydrogen-bond acceptors (Lipinski definition) is 6. The van der Waals surface area contributed by atoms with E-state index in [9.17, 15) is 23.7 Å². The zero-order chi connectivity index (χ0) is 21.3. The molecule has 0 saturated carbocycles. The fourth-order valence-electron chi connectivity index (χ4n) is 2.69. The largest absolute Gasteiger partial charge is 0.322 e. The number of nitro benzene ring substituents is 1. The maximum atomic E-state index is 13.9. The molecule has 150 valence electrons. The van der Waals surface area contributed by atoms with Gasteiger partial charge in [-0.1, -0.05) is 23.9 Å². The Balaban J connectivity index is 1.63. The Morgan fingerprint density at radius 2 is 1.90 bits per heavy atom. The lowest BCUT2D eigenvalue weighted by atomic mass is 10.2. The fourth-order valence-corrected chi connectivity index (χ4v) is 4.82. The number of hydrogen-bond donors (Lipinski definition) is 1. The lowest BCUT2D eigenvalue weighted by Gasteiger charge is -2.08. The van der Waals surface area contributed by atoms with Gasteiger partial charge in [-0.3, -0.25) is 14.9 Å². The summed E-state index contributed by atoms with van der Waals surface area (Å²) in [5.41, 5.74) is 0.316. The maximum absolute atomic E-state index is 13.9. The summed E-state index contributed by atoms with van der Waals surface area (Å²) in [7, 11) is 0. The van der Waals surface area contributed by atoms with E-state index in [2.05, 4.69) is 10.3 Å². The molecule has 0 unspecified atom stereocenters. The molecule has 4 rings (SSSR count). The third-order valence-corrected chi connectivity index (χ3v) is 6.08. The minimum absolute atomic E-state index is 0.113. The molecular weight excluding hydrogens is 432 g/mol. The Morgan fingerprint density at radius 1 is 1.10 bits per heavy atom. The second-order valence-electron chi connectivity index (χ2n) is 6.10. The predicted octanol–water partition coefficient (Wildman–Crippen LogP) is 5.89. The first kappa shape index (κ1) is 19.9. The molecule has 1 heterocycles. The van der Waals surface area contributed by atoms with Crippen molar-refractivity contribution in [2.75, 3.05) is 5.32 Å². The van der Waals surface area contributed by atoms with Gasteiger partial charge in [0.15, 0.2) is 4.34 Å². The van der Waals surface area contributed by atoms with Crippen LogP contribution in [0, 0.1) is 21.7 Å². The summed E-state index contributed by atoms with van der Waals surface area (Å²) >= 11 is 2.65. The number of halogens is 2. The van der Waals surface area contributed by atoms with Crippen LogP contribution in [0.2, 0.25) is 0 Å². The number of thiazole rings is 1. The van der Waals surface area contributed by atoms with E-state index in [0.717, 1.165) is 22.3 Å². The van der Waals surface area contributed by atoms with E-state index in [0.29, 0.717) is 15.3 Å². The van der Waals surface area contributed by atoms with Gasteiger partial charge < -0.3 is 5.32 Å². The summed E-state index contributed by atoms with van der Waals surface area (Å²) < 4.78 is 28.6. The Labute approximate surface area is 176 Å². The van der Waals surface area contributed by atoms with Crippen molar-refractivity contribution in [3.05, 3.63) is 88.0 Å². The Hall–Kier alpha value is -3.37. The van der Waals surface area contributed by atoms with Gasteiger partial charge in [-0.25, -0.2) is 13.8 Å². The van der Waals surface area contributed by atoms with Gasteiger partial charge in [0.25, 0.3) is 11.6 Å². The number of carbonyl (C=O) groups excluding carboxylic acids is 1. The van der Waals surface area contributed by atoms with Crippen molar-refractivity contribution in [3.63, 3.8) is 0 Å². The first-order valence-electron chi connectivity index (χ1n) is 8.48. The highest BCUT2D eigenvalue weighted by Crippen LogP contribution is 2.37. The first-order chi connectivity index (χ1) is 14.4. The van der Waals surface area contributed by atoms with Crippen molar-refractivity contribution < 1.29 is 18.5 Å². The molecule has 3 aromatic carbocycles. The van der Waals surface area contributed by atoms with Gasteiger partial charge in [0.1, 0.15) is 11.6 Å². The molecule has 30 heavy (non-hydrogen) atoms. The molecule has 0 fully saturated rings. The second kappa shape index (κ2) is 8.17. The number of fused-ring (bicyclic) bond motifs is 1. The number of para-hydroxylation sites is 1. The molecule has 1 aromatic heterocycles. The van der Waals surface area contributed by atoms with E-state index < -0.39 is 22.5 Å². The smallest absolute Gasteiger partial charge is 0.272 e. The molecule has 6 nitrogen and oxygen atoms in total. The quantitative estimate of drug-likeness (QED) is 0.307. The Kier molecular flexibility index (Phi) is 5.42. The number of nitro groups is 1. The van der Waals surface area contributed by atoms with Crippen LogP contribution in [0.5, 0.6) is 0 Å². The number of nitrogens with one attached hydrogen (secondary N) is 1. The van der Waals surface area contributed by atoms with Gasteiger partial charge in [-0.2, -0.15) is 0 Å². The standard InChI is InChI=1S/C20H11F2N3O3S2/c21-11-5-6-15(16(22)7-11)19(26)23-12-8-13(25(27)28)10-14(9-12)29-20-24-17-3-1-2-4-18(17)30-20/h1-10H,(H,23,26). The van der Waals surface area contributed by atoms with Crippen molar-refractivity contribution in [1.82, 2.24) is 4.98 Å². The van der Waals surface area contributed by atoms with E-state index in [1.807, 2.05) is 24.3 Å². The fraction of sp³-hybridized carbons (Fsp3) is 0. The molecule has 0 aliphatic rings. The molecule has 1 N–H and O–H groups in total. The summed E-state index contributed by atoms with van der Waals surface area (Å²) in [6.07, 6.45) is 0. The number of aromatic nitrogens is 1. The van der Waals surface area contributed by atoms with Gasteiger partial charge in [0.05, 0.1) is 20.7 Å². The Morgan fingerprint density at radius 3 is 2.63 bits per heavy atom. The highest BCUT2D eigenvalue weighted by molar-refractivity contribution is 8.01. The molecule has 0 atom stereocenters. The zero-order valence-corrected chi connectivity index (χ0v) is 16.6. The molecule has 4 aromatic rings. The molecule has 1 amide bonds. The van der Waals surface area contributed by atoms with Gasteiger partial charge in [-0.15, -0.1) is 11.3 Å². The van der Waals surface area contributed by atoms with Crippen molar-refractivity contribution in [1.29, 1.82) is 0 Å². The van der Waals surface area contributed by atoms with E-state index in [-0.39, 0.29) is 16.9 Å². The average Bonchev–Trinajstić information content (AvgIpc) is 3.09. The van der Waals surface area contributed by atoms with E-state index in [4.69, 9.17) is 0 Å². The van der Waals surface area contributed by atoms with Gasteiger partial charge in [-0.05, 0) is 30.3 Å². The third kappa shape index (κ3) is 4.29. The van der Waals surface area contributed by atoms with Gasteiger partial charge >= 0.3 is 0 Å². The second-order valence-corrected chi connectivity index (χ2v) is 8.45. The van der Waals surface area contributed by atoms with Crippen molar-refractivity contribution >= 4 is 50.6 Å². The third-order valence-electron chi connectivity index (χ3n) is 4.02. The predicted molar refractivity (Wildman–Crippen MR) is 111 cm³/mol. The van der Waals surface area contributed by atoms with E-state index >= 15 is 0 Å². The minimum Gasteiger partial charge on any atom is -0.322 e. The molecule has 0 bridgehead atoms. The summed E-state index contributed by atoms with van der Waals surface area (Å²) in [6, 6.07) is 14.2. The van der Waals surface area contributed by atoms with Crippen LogP contribution in [0.15, 0.2) is 69.9 Å². The topological polar surface area (TPSA) is 85.1 Å². The Bertz CT molecular complexity index is 1260. The molecule has 0 saturated heterocycles. The lowest BCUT2D eigenvalue weighted by Crippen LogP contribution is -2.14. The minimum atomic E-state index is -1.03. The monoisotopic (exact) mass is 443 g/mol. The summed E-state index contributed by atoms with van der Waals surface area (Å²) in [5, 5.41) is 13.7. The van der Waals surface area contributed by atoms with Crippen molar-refractivity contribution in [3.8, 4) is 0 Å². The highest BCUT2D eigenvalue weighted by Gasteiger charge is 2.17. The SMILES string of the molecule is O=C(Nc1cc(Sc2nc3ccccc3s2)cc([N+](=O)[O-])c1)c1ccc(F)cc1F. The van der Waals surface area contributed by atoms with Crippen LogP contribution in [0.1, 0.15) is 10.4 Å². The van der Waals surface area contributed by atoms with Crippen LogP contribution in [-0.4, -0.2) is 15.8 Å². The maximum Gasteiger partial charge on any atom is 0.272 e. The lowest BCUT2D eigenvalue weighted by molar-refractivity contribution is -0.385. The molecular formula is C20H11F2N3O3S2. The van der Waals surface area contributed by atoms with Crippen LogP contribution in [-0.2, 0) is 0 Å². The van der Waals surface area contributed by atoms with Crippen molar-refractivity contribution in [2.24, 2.45) is 0 Å². The number of carbonyl (C=O) groups is 1. The molecule has 0 aliphatic heterocycles.